The van der Waals surface area contributed by atoms with Gasteiger partial charge in [-0.2, -0.15) is 0 Å². The lowest BCUT2D eigenvalue weighted by atomic mass is 10.1. The lowest BCUT2D eigenvalue weighted by Crippen LogP contribution is -2.36. The van der Waals surface area contributed by atoms with Gasteiger partial charge in [0, 0.05) is 26.8 Å². The fourth-order valence-corrected chi connectivity index (χ4v) is 1.46. The number of methoxy groups -OCH3 is 1. The second kappa shape index (κ2) is 7.68. The van der Waals surface area contributed by atoms with E-state index in [2.05, 4.69) is 10.6 Å². The van der Waals surface area contributed by atoms with Crippen LogP contribution in [0.4, 0.5) is 4.79 Å². The van der Waals surface area contributed by atoms with Gasteiger partial charge >= 0.3 is 6.03 Å². The van der Waals surface area contributed by atoms with Crippen LogP contribution in [0.1, 0.15) is 17.5 Å². The molecule has 0 radical (unpaired) electrons. The molecule has 2 N–H and O–H groups in total. The Labute approximate surface area is 102 Å². The minimum atomic E-state index is -0.135. The van der Waals surface area contributed by atoms with Crippen LogP contribution in [0.3, 0.4) is 0 Å². The van der Waals surface area contributed by atoms with Gasteiger partial charge in [-0.3, -0.25) is 0 Å². The van der Waals surface area contributed by atoms with Crippen molar-refractivity contribution in [2.45, 2.75) is 19.9 Å². The third kappa shape index (κ3) is 5.36. The number of hydrogen-bond donors (Lipinski definition) is 2. The van der Waals surface area contributed by atoms with E-state index in [1.54, 1.807) is 7.11 Å². The first-order chi connectivity index (χ1) is 8.24. The van der Waals surface area contributed by atoms with E-state index in [1.807, 2.05) is 31.2 Å². The summed E-state index contributed by atoms with van der Waals surface area (Å²) in [5.74, 6) is 0. The van der Waals surface area contributed by atoms with Gasteiger partial charge in [-0.05, 0) is 24.5 Å². The van der Waals surface area contributed by atoms with Gasteiger partial charge in [0.25, 0.3) is 0 Å². The Morgan fingerprint density at radius 3 is 2.76 bits per heavy atom. The monoisotopic (exact) mass is 236 g/mol. The quantitative estimate of drug-likeness (QED) is 0.740. The van der Waals surface area contributed by atoms with Crippen LogP contribution in [0.15, 0.2) is 24.3 Å². The van der Waals surface area contributed by atoms with Gasteiger partial charge in [-0.25, -0.2) is 4.79 Å². The topological polar surface area (TPSA) is 50.4 Å². The van der Waals surface area contributed by atoms with E-state index in [-0.39, 0.29) is 6.03 Å². The zero-order valence-electron chi connectivity index (χ0n) is 10.5. The van der Waals surface area contributed by atoms with Crippen molar-refractivity contribution in [3.8, 4) is 0 Å². The summed E-state index contributed by atoms with van der Waals surface area (Å²) in [7, 11) is 1.65. The molecule has 0 fully saturated rings. The molecule has 1 aromatic carbocycles. The second-order valence-electron chi connectivity index (χ2n) is 3.88. The van der Waals surface area contributed by atoms with Crippen molar-refractivity contribution in [3.05, 3.63) is 35.4 Å². The molecule has 0 heterocycles. The first-order valence-corrected chi connectivity index (χ1v) is 5.79. The summed E-state index contributed by atoms with van der Waals surface area (Å²) in [5.41, 5.74) is 2.33. The number of ether oxygens (including phenoxy) is 1. The maximum Gasteiger partial charge on any atom is 0.315 e. The molecule has 0 aliphatic heterocycles. The summed E-state index contributed by atoms with van der Waals surface area (Å²) in [6.07, 6.45) is 0.828. The van der Waals surface area contributed by atoms with Crippen molar-refractivity contribution in [3.63, 3.8) is 0 Å². The Kier molecular flexibility index (Phi) is 6.10. The van der Waals surface area contributed by atoms with Crippen LogP contribution < -0.4 is 10.6 Å². The summed E-state index contributed by atoms with van der Waals surface area (Å²) in [5, 5.41) is 5.60. The molecule has 0 spiro atoms. The van der Waals surface area contributed by atoms with Crippen molar-refractivity contribution in [1.29, 1.82) is 0 Å². The smallest absolute Gasteiger partial charge is 0.315 e. The highest BCUT2D eigenvalue weighted by molar-refractivity contribution is 5.73. The molecule has 0 unspecified atom stereocenters. The summed E-state index contributed by atoms with van der Waals surface area (Å²) in [6, 6.07) is 7.88. The molecule has 0 saturated heterocycles. The molecule has 0 aromatic heterocycles. The molecule has 0 aliphatic carbocycles. The number of benzene rings is 1. The number of carbonyl (C=O) groups is 1. The molecule has 0 saturated carbocycles. The van der Waals surface area contributed by atoms with Crippen LogP contribution in [-0.4, -0.2) is 26.3 Å². The lowest BCUT2D eigenvalue weighted by molar-refractivity contribution is 0.193. The van der Waals surface area contributed by atoms with E-state index < -0.39 is 0 Å². The molecular weight excluding hydrogens is 216 g/mol. The van der Waals surface area contributed by atoms with E-state index in [1.165, 1.54) is 5.56 Å². The number of nitrogens with one attached hydrogen (secondary N) is 2. The summed E-state index contributed by atoms with van der Waals surface area (Å²) < 4.78 is 4.90. The minimum Gasteiger partial charge on any atom is -0.385 e. The molecule has 4 nitrogen and oxygen atoms in total. The number of rotatable bonds is 6. The van der Waals surface area contributed by atoms with Crippen molar-refractivity contribution in [1.82, 2.24) is 10.6 Å². The van der Waals surface area contributed by atoms with E-state index in [0.717, 1.165) is 12.0 Å². The molecule has 1 aromatic rings. The Balaban J connectivity index is 2.22. The zero-order chi connectivity index (χ0) is 12.5. The number of amides is 2. The van der Waals surface area contributed by atoms with E-state index in [9.17, 15) is 4.79 Å². The third-order valence-electron chi connectivity index (χ3n) is 2.51. The predicted molar refractivity (Wildman–Crippen MR) is 67.9 cm³/mol. The highest BCUT2D eigenvalue weighted by Crippen LogP contribution is 2.05. The molecular formula is C13H20N2O2. The van der Waals surface area contributed by atoms with Crippen molar-refractivity contribution >= 4 is 6.03 Å². The number of urea groups is 1. The Morgan fingerprint density at radius 1 is 1.29 bits per heavy atom. The standard InChI is InChI=1S/C13H20N2O2/c1-11-6-3-4-7-12(11)10-15-13(16)14-8-5-9-17-2/h3-4,6-7H,5,8-10H2,1-2H3,(H2,14,15,16). The van der Waals surface area contributed by atoms with E-state index in [4.69, 9.17) is 4.74 Å². The van der Waals surface area contributed by atoms with Crippen molar-refractivity contribution in [2.24, 2.45) is 0 Å². The lowest BCUT2D eigenvalue weighted by Gasteiger charge is -2.09. The molecule has 2 amide bonds. The largest absolute Gasteiger partial charge is 0.385 e. The highest BCUT2D eigenvalue weighted by Gasteiger charge is 2.01. The van der Waals surface area contributed by atoms with Crippen LogP contribution in [-0.2, 0) is 11.3 Å². The number of hydrogen-bond acceptors (Lipinski definition) is 2. The Bertz CT molecular complexity index is 353. The van der Waals surface area contributed by atoms with Gasteiger partial charge < -0.3 is 15.4 Å². The fraction of sp³-hybridized carbons (Fsp3) is 0.462. The molecule has 0 aliphatic rings. The van der Waals surface area contributed by atoms with Crippen LogP contribution in [0.25, 0.3) is 0 Å². The first-order valence-electron chi connectivity index (χ1n) is 5.79. The summed E-state index contributed by atoms with van der Waals surface area (Å²) >= 11 is 0. The molecule has 4 heteroatoms. The van der Waals surface area contributed by atoms with Crippen molar-refractivity contribution < 1.29 is 9.53 Å². The molecule has 0 atom stereocenters. The number of aryl methyl sites for hydroxylation is 1. The maximum absolute atomic E-state index is 11.4. The summed E-state index contributed by atoms with van der Waals surface area (Å²) in [6.45, 7) is 3.89. The van der Waals surface area contributed by atoms with Crippen LogP contribution in [0.2, 0.25) is 0 Å². The van der Waals surface area contributed by atoms with Crippen LogP contribution in [0, 0.1) is 6.92 Å². The van der Waals surface area contributed by atoms with E-state index >= 15 is 0 Å². The minimum absolute atomic E-state index is 0.135. The average molecular weight is 236 g/mol. The van der Waals surface area contributed by atoms with Gasteiger partial charge in [-0.1, -0.05) is 24.3 Å². The molecule has 17 heavy (non-hydrogen) atoms. The second-order valence-corrected chi connectivity index (χ2v) is 3.88. The zero-order valence-corrected chi connectivity index (χ0v) is 10.5. The van der Waals surface area contributed by atoms with Crippen LogP contribution >= 0.6 is 0 Å². The molecule has 1 rings (SSSR count). The fourth-order valence-electron chi connectivity index (χ4n) is 1.46. The van der Waals surface area contributed by atoms with Gasteiger partial charge in [0.1, 0.15) is 0 Å². The third-order valence-corrected chi connectivity index (χ3v) is 2.51. The van der Waals surface area contributed by atoms with Gasteiger partial charge in [-0.15, -0.1) is 0 Å². The van der Waals surface area contributed by atoms with E-state index in [0.29, 0.717) is 19.7 Å². The Hall–Kier alpha value is -1.55. The molecule has 0 bridgehead atoms. The van der Waals surface area contributed by atoms with Gasteiger partial charge in [0.2, 0.25) is 0 Å². The molecule has 94 valence electrons. The SMILES string of the molecule is COCCCNC(=O)NCc1ccccc1C. The average Bonchev–Trinajstić information content (AvgIpc) is 2.34. The number of carbonyl (C=O) groups excluding carboxylic acids is 1. The maximum atomic E-state index is 11.4. The van der Waals surface area contributed by atoms with Gasteiger partial charge in [0.15, 0.2) is 0 Å². The Morgan fingerprint density at radius 2 is 2.06 bits per heavy atom. The van der Waals surface area contributed by atoms with Crippen LogP contribution in [0.5, 0.6) is 0 Å². The first kappa shape index (κ1) is 13.5. The highest BCUT2D eigenvalue weighted by atomic mass is 16.5. The van der Waals surface area contributed by atoms with Crippen molar-refractivity contribution in [2.75, 3.05) is 20.3 Å². The normalized spacial score (nSPS) is 10.0. The summed E-state index contributed by atoms with van der Waals surface area (Å²) in [4.78, 5) is 11.4. The van der Waals surface area contributed by atoms with Gasteiger partial charge in [0.05, 0.1) is 0 Å². The predicted octanol–water partition coefficient (Wildman–Crippen LogP) is 1.83.